The van der Waals surface area contributed by atoms with E-state index in [0.717, 1.165) is 0 Å². The zero-order valence-electron chi connectivity index (χ0n) is 11.4. The molecule has 1 amide bonds. The predicted molar refractivity (Wildman–Crippen MR) is 79.7 cm³/mol. The molecular formula is C12H20ClN3O3S. The van der Waals surface area contributed by atoms with Crippen LogP contribution in [0.2, 0.25) is 0 Å². The number of benzene rings is 1. The molecule has 6 nitrogen and oxygen atoms in total. The zero-order chi connectivity index (χ0) is 14.7. The van der Waals surface area contributed by atoms with E-state index in [-0.39, 0.29) is 36.3 Å². The normalized spacial score (nSPS) is 11.6. The third kappa shape index (κ3) is 5.09. The van der Waals surface area contributed by atoms with Crippen LogP contribution >= 0.6 is 12.4 Å². The van der Waals surface area contributed by atoms with Crippen LogP contribution in [-0.2, 0) is 21.4 Å². The molecule has 0 unspecified atom stereocenters. The summed E-state index contributed by atoms with van der Waals surface area (Å²) >= 11 is 0. The van der Waals surface area contributed by atoms with E-state index >= 15 is 0 Å². The van der Waals surface area contributed by atoms with E-state index in [0.29, 0.717) is 5.56 Å². The molecule has 0 saturated carbocycles. The first-order valence-corrected chi connectivity index (χ1v) is 7.31. The molecule has 0 fully saturated rings. The minimum Gasteiger partial charge on any atom is -0.352 e. The highest BCUT2D eigenvalue weighted by molar-refractivity contribution is 7.89. The van der Waals surface area contributed by atoms with Gasteiger partial charge in [-0.3, -0.25) is 4.79 Å². The minimum atomic E-state index is -3.73. The number of nitrogens with two attached hydrogens (primary N) is 2. The van der Waals surface area contributed by atoms with Crippen molar-refractivity contribution in [2.45, 2.75) is 25.3 Å². The fraction of sp³-hybridized carbons (Fsp3) is 0.417. The maximum atomic E-state index is 11.8. The van der Waals surface area contributed by atoms with Crippen LogP contribution in [-0.4, -0.2) is 20.9 Å². The van der Waals surface area contributed by atoms with Gasteiger partial charge in [-0.15, -0.1) is 12.4 Å². The molecule has 1 rings (SSSR count). The molecule has 0 aliphatic rings. The Bertz CT molecular complexity index is 573. The maximum absolute atomic E-state index is 11.8. The standard InChI is InChI=1S/C12H19N3O3S.ClH/c1-12(2,8-13)11(16)15-7-9-4-3-5-10(6-9)19(14,17)18;/h3-6H,7-8,13H2,1-2H3,(H,15,16)(H2,14,17,18);1H. The molecule has 1 aromatic carbocycles. The number of hydrogen-bond acceptors (Lipinski definition) is 4. The van der Waals surface area contributed by atoms with E-state index in [1.165, 1.54) is 12.1 Å². The van der Waals surface area contributed by atoms with Crippen LogP contribution in [0.5, 0.6) is 0 Å². The van der Waals surface area contributed by atoms with E-state index in [1.54, 1.807) is 26.0 Å². The summed E-state index contributed by atoms with van der Waals surface area (Å²) in [5.41, 5.74) is 5.51. The molecule has 0 spiro atoms. The molecule has 0 aromatic heterocycles. The number of rotatable bonds is 5. The molecular weight excluding hydrogens is 302 g/mol. The fourth-order valence-electron chi connectivity index (χ4n) is 1.35. The Hall–Kier alpha value is -1.15. The van der Waals surface area contributed by atoms with Crippen LogP contribution < -0.4 is 16.2 Å². The van der Waals surface area contributed by atoms with Gasteiger partial charge in [-0.1, -0.05) is 12.1 Å². The van der Waals surface area contributed by atoms with Gasteiger partial charge in [0.15, 0.2) is 0 Å². The van der Waals surface area contributed by atoms with Crippen LogP contribution in [0.3, 0.4) is 0 Å². The molecule has 5 N–H and O–H groups in total. The Morgan fingerprint density at radius 3 is 2.45 bits per heavy atom. The van der Waals surface area contributed by atoms with Crippen LogP contribution in [0.4, 0.5) is 0 Å². The predicted octanol–water partition coefficient (Wildman–Crippen LogP) is 0.357. The number of halogens is 1. The van der Waals surface area contributed by atoms with Gasteiger partial charge in [0, 0.05) is 13.1 Å². The molecule has 0 saturated heterocycles. The van der Waals surface area contributed by atoms with E-state index in [9.17, 15) is 13.2 Å². The highest BCUT2D eigenvalue weighted by Gasteiger charge is 2.25. The van der Waals surface area contributed by atoms with Crippen molar-refractivity contribution >= 4 is 28.3 Å². The van der Waals surface area contributed by atoms with E-state index in [1.807, 2.05) is 0 Å². The molecule has 0 heterocycles. The summed E-state index contributed by atoms with van der Waals surface area (Å²) in [7, 11) is -3.73. The lowest BCUT2D eigenvalue weighted by Crippen LogP contribution is -2.41. The van der Waals surface area contributed by atoms with Gasteiger partial charge in [-0.2, -0.15) is 0 Å². The first kappa shape index (κ1) is 18.9. The van der Waals surface area contributed by atoms with Gasteiger partial charge in [-0.25, -0.2) is 13.6 Å². The van der Waals surface area contributed by atoms with Crippen molar-refractivity contribution in [3.8, 4) is 0 Å². The van der Waals surface area contributed by atoms with Crippen molar-refractivity contribution in [1.82, 2.24) is 5.32 Å². The zero-order valence-corrected chi connectivity index (χ0v) is 13.1. The summed E-state index contributed by atoms with van der Waals surface area (Å²) in [4.78, 5) is 11.8. The summed E-state index contributed by atoms with van der Waals surface area (Å²) in [5.74, 6) is -0.184. The summed E-state index contributed by atoms with van der Waals surface area (Å²) in [6.07, 6.45) is 0. The Labute approximate surface area is 125 Å². The smallest absolute Gasteiger partial charge is 0.238 e. The van der Waals surface area contributed by atoms with E-state index < -0.39 is 15.4 Å². The monoisotopic (exact) mass is 321 g/mol. The third-order valence-electron chi connectivity index (χ3n) is 2.81. The van der Waals surface area contributed by atoms with Crippen molar-refractivity contribution in [2.75, 3.05) is 6.54 Å². The Kier molecular flexibility index (Phi) is 6.63. The van der Waals surface area contributed by atoms with Crippen molar-refractivity contribution in [3.05, 3.63) is 29.8 Å². The molecule has 0 aliphatic heterocycles. The molecule has 8 heteroatoms. The number of carbonyl (C=O) groups excluding carboxylic acids is 1. The Morgan fingerprint density at radius 1 is 1.35 bits per heavy atom. The molecule has 0 bridgehead atoms. The number of carbonyl (C=O) groups is 1. The Balaban J connectivity index is 0.00000361. The van der Waals surface area contributed by atoms with Gasteiger partial charge < -0.3 is 11.1 Å². The lowest BCUT2D eigenvalue weighted by atomic mass is 9.92. The second-order valence-corrected chi connectivity index (χ2v) is 6.52. The summed E-state index contributed by atoms with van der Waals surface area (Å²) in [6.45, 7) is 3.94. The van der Waals surface area contributed by atoms with Crippen molar-refractivity contribution in [1.29, 1.82) is 0 Å². The number of sulfonamides is 1. The second kappa shape index (κ2) is 7.03. The topological polar surface area (TPSA) is 115 Å². The van der Waals surface area contributed by atoms with Crippen LogP contribution in [0.1, 0.15) is 19.4 Å². The molecule has 0 aliphatic carbocycles. The number of amides is 1. The lowest BCUT2D eigenvalue weighted by Gasteiger charge is -2.21. The number of nitrogens with one attached hydrogen (secondary N) is 1. The Morgan fingerprint density at radius 2 is 1.95 bits per heavy atom. The quantitative estimate of drug-likeness (QED) is 0.726. The van der Waals surface area contributed by atoms with Gasteiger partial charge >= 0.3 is 0 Å². The van der Waals surface area contributed by atoms with Gasteiger partial charge in [0.1, 0.15) is 0 Å². The van der Waals surface area contributed by atoms with Crippen molar-refractivity contribution in [2.24, 2.45) is 16.3 Å². The highest BCUT2D eigenvalue weighted by atomic mass is 35.5. The van der Waals surface area contributed by atoms with Gasteiger partial charge in [0.2, 0.25) is 15.9 Å². The maximum Gasteiger partial charge on any atom is 0.238 e. The van der Waals surface area contributed by atoms with Crippen molar-refractivity contribution < 1.29 is 13.2 Å². The third-order valence-corrected chi connectivity index (χ3v) is 3.72. The average molecular weight is 322 g/mol. The summed E-state index contributed by atoms with van der Waals surface area (Å²) < 4.78 is 22.4. The molecule has 20 heavy (non-hydrogen) atoms. The first-order chi connectivity index (χ1) is 8.66. The molecule has 0 atom stereocenters. The van der Waals surface area contributed by atoms with Gasteiger partial charge in [0.05, 0.1) is 10.3 Å². The molecule has 0 radical (unpaired) electrons. The largest absolute Gasteiger partial charge is 0.352 e. The van der Waals surface area contributed by atoms with Crippen LogP contribution in [0, 0.1) is 5.41 Å². The molecule has 1 aromatic rings. The van der Waals surface area contributed by atoms with Crippen molar-refractivity contribution in [3.63, 3.8) is 0 Å². The summed E-state index contributed by atoms with van der Waals surface area (Å²) in [6, 6.07) is 6.13. The van der Waals surface area contributed by atoms with Gasteiger partial charge in [-0.05, 0) is 31.5 Å². The van der Waals surface area contributed by atoms with Gasteiger partial charge in [0.25, 0.3) is 0 Å². The number of hydrogen-bond donors (Lipinski definition) is 3. The minimum absolute atomic E-state index is 0. The number of primary sulfonamides is 1. The fourth-order valence-corrected chi connectivity index (χ4v) is 1.93. The van der Waals surface area contributed by atoms with E-state index in [4.69, 9.17) is 10.9 Å². The highest BCUT2D eigenvalue weighted by Crippen LogP contribution is 2.14. The first-order valence-electron chi connectivity index (χ1n) is 5.77. The van der Waals surface area contributed by atoms with Crippen LogP contribution in [0.25, 0.3) is 0 Å². The lowest BCUT2D eigenvalue weighted by molar-refractivity contribution is -0.129. The molecule has 114 valence electrons. The second-order valence-electron chi connectivity index (χ2n) is 4.96. The summed E-state index contributed by atoms with van der Waals surface area (Å²) in [5, 5.41) is 7.75. The average Bonchev–Trinajstić information content (AvgIpc) is 2.35. The SMILES string of the molecule is CC(C)(CN)C(=O)NCc1cccc(S(N)(=O)=O)c1.Cl. The van der Waals surface area contributed by atoms with E-state index in [2.05, 4.69) is 5.32 Å². The van der Waals surface area contributed by atoms with Crippen LogP contribution in [0.15, 0.2) is 29.2 Å².